The molecule has 5 aromatic carbocycles. The van der Waals surface area contributed by atoms with Crippen LogP contribution in [-0.4, -0.2) is 5.97 Å². The number of carbonyl (C=O) groups is 1. The minimum Gasteiger partial charge on any atom is -0.423 e. The monoisotopic (exact) mass is 523 g/mol. The van der Waals surface area contributed by atoms with Crippen LogP contribution in [0, 0.1) is 13.8 Å². The molecule has 3 heteroatoms. The lowest BCUT2D eigenvalue weighted by Crippen LogP contribution is -2.10. The molecule has 3 nitrogen and oxygen atoms in total. The van der Waals surface area contributed by atoms with Crippen LogP contribution in [0.25, 0.3) is 0 Å². The highest BCUT2D eigenvalue weighted by molar-refractivity contribution is 5.83. The van der Waals surface area contributed by atoms with Gasteiger partial charge in [-0.15, -0.1) is 0 Å². The van der Waals surface area contributed by atoms with E-state index in [1.807, 2.05) is 24.3 Å². The highest BCUT2D eigenvalue weighted by Crippen LogP contribution is 2.35. The van der Waals surface area contributed by atoms with Gasteiger partial charge in [-0.3, -0.25) is 0 Å². The number of hydrogen-bond acceptors (Lipinski definition) is 3. The van der Waals surface area contributed by atoms with Crippen LogP contribution in [0.15, 0.2) is 134 Å². The lowest BCUT2D eigenvalue weighted by molar-refractivity contribution is -0.128. The molecule has 0 spiro atoms. The number of rotatable bonds is 9. The molecule has 0 atom stereocenters. The number of aryl methyl sites for hydroxylation is 2. The van der Waals surface area contributed by atoms with Crippen molar-refractivity contribution < 1.29 is 9.53 Å². The van der Waals surface area contributed by atoms with Crippen molar-refractivity contribution in [2.45, 2.75) is 26.7 Å². The summed E-state index contributed by atoms with van der Waals surface area (Å²) in [7, 11) is 0. The average Bonchev–Trinajstić information content (AvgIpc) is 2.98. The Morgan fingerprint density at radius 2 is 0.900 bits per heavy atom. The van der Waals surface area contributed by atoms with E-state index in [9.17, 15) is 4.79 Å². The maximum atomic E-state index is 11.4. The second-order valence-electron chi connectivity index (χ2n) is 10.1. The van der Waals surface area contributed by atoms with Crippen molar-refractivity contribution in [3.8, 4) is 5.75 Å². The SMILES string of the molecule is C=CC(=O)Oc1ccc(Cc2ccc(Cc3ccc(N(c4ccc(C)cc4)c4ccc(C)cc4)cc3)cc2)cc1. The molecular formula is C37H33NO2. The second kappa shape index (κ2) is 12.3. The smallest absolute Gasteiger partial charge is 0.335 e. The van der Waals surface area contributed by atoms with Gasteiger partial charge in [0.2, 0.25) is 0 Å². The number of anilines is 3. The fraction of sp³-hybridized carbons (Fsp3) is 0.108. The molecule has 0 aliphatic heterocycles. The molecule has 0 saturated heterocycles. The van der Waals surface area contributed by atoms with Crippen molar-refractivity contribution in [3.05, 3.63) is 167 Å². The van der Waals surface area contributed by atoms with Crippen LogP contribution < -0.4 is 9.64 Å². The number of carbonyl (C=O) groups excluding carboxylic acids is 1. The Labute approximate surface area is 237 Å². The summed E-state index contributed by atoms with van der Waals surface area (Å²) in [6.45, 7) is 7.66. The quantitative estimate of drug-likeness (QED) is 0.110. The molecule has 0 aliphatic carbocycles. The van der Waals surface area contributed by atoms with Crippen LogP contribution in [-0.2, 0) is 17.6 Å². The Hall–Kier alpha value is -4.89. The first-order valence-corrected chi connectivity index (χ1v) is 13.5. The Bertz CT molecular complexity index is 1520. The third-order valence-corrected chi connectivity index (χ3v) is 6.93. The van der Waals surface area contributed by atoms with Crippen LogP contribution in [0.2, 0.25) is 0 Å². The van der Waals surface area contributed by atoms with Crippen LogP contribution >= 0.6 is 0 Å². The molecule has 0 unspecified atom stereocenters. The highest BCUT2D eigenvalue weighted by Gasteiger charge is 2.12. The van der Waals surface area contributed by atoms with Crippen LogP contribution in [0.4, 0.5) is 17.1 Å². The van der Waals surface area contributed by atoms with E-state index in [0.29, 0.717) is 5.75 Å². The Morgan fingerprint density at radius 1 is 0.575 bits per heavy atom. The molecule has 0 radical (unpaired) electrons. The molecule has 5 aromatic rings. The summed E-state index contributed by atoms with van der Waals surface area (Å²) in [5.74, 6) is 0.0729. The number of benzene rings is 5. The van der Waals surface area contributed by atoms with E-state index in [-0.39, 0.29) is 0 Å². The Balaban J connectivity index is 1.27. The van der Waals surface area contributed by atoms with Crippen molar-refractivity contribution in [2.24, 2.45) is 0 Å². The summed E-state index contributed by atoms with van der Waals surface area (Å²) >= 11 is 0. The molecule has 40 heavy (non-hydrogen) atoms. The van der Waals surface area contributed by atoms with Gasteiger partial charge in [-0.05, 0) is 97.5 Å². The van der Waals surface area contributed by atoms with Crippen molar-refractivity contribution in [1.29, 1.82) is 0 Å². The van der Waals surface area contributed by atoms with Crippen molar-refractivity contribution >= 4 is 23.0 Å². The summed E-state index contributed by atoms with van der Waals surface area (Å²) in [5.41, 5.74) is 10.9. The largest absolute Gasteiger partial charge is 0.423 e. The third kappa shape index (κ3) is 6.75. The maximum absolute atomic E-state index is 11.4. The molecule has 5 rings (SSSR count). The summed E-state index contributed by atoms with van der Waals surface area (Å²) in [6, 6.07) is 42.6. The first-order valence-electron chi connectivity index (χ1n) is 13.5. The lowest BCUT2D eigenvalue weighted by atomic mass is 10.00. The van der Waals surface area contributed by atoms with Gasteiger partial charge >= 0.3 is 5.97 Å². The predicted molar refractivity (Wildman–Crippen MR) is 165 cm³/mol. The molecule has 198 valence electrons. The maximum Gasteiger partial charge on any atom is 0.335 e. The Kier molecular flexibility index (Phi) is 8.22. The minimum atomic E-state index is -0.451. The molecule has 0 fully saturated rings. The van der Waals surface area contributed by atoms with Crippen LogP contribution in [0.5, 0.6) is 5.75 Å². The van der Waals surface area contributed by atoms with E-state index in [2.05, 4.69) is 122 Å². The molecular weight excluding hydrogens is 490 g/mol. The standard InChI is InChI=1S/C37H33NO2/c1-4-37(39)40-36-23-15-32(16-24-36)26-30-11-9-29(10-12-30)25-31-13-21-35(22-14-31)38(33-17-5-27(2)6-18-33)34-19-7-28(3)8-20-34/h4-24H,1,25-26H2,2-3H3. The van der Waals surface area contributed by atoms with Gasteiger partial charge in [-0.1, -0.05) is 90.5 Å². The van der Waals surface area contributed by atoms with E-state index in [4.69, 9.17) is 4.74 Å². The zero-order valence-electron chi connectivity index (χ0n) is 23.0. The van der Waals surface area contributed by atoms with Crippen LogP contribution in [0.3, 0.4) is 0 Å². The number of esters is 1. The average molecular weight is 524 g/mol. The topological polar surface area (TPSA) is 29.5 Å². The molecule has 0 N–H and O–H groups in total. The highest BCUT2D eigenvalue weighted by atomic mass is 16.5. The zero-order chi connectivity index (χ0) is 27.9. The van der Waals surface area contributed by atoms with E-state index < -0.39 is 5.97 Å². The fourth-order valence-electron chi connectivity index (χ4n) is 4.68. The zero-order valence-corrected chi connectivity index (χ0v) is 23.0. The van der Waals surface area contributed by atoms with Crippen molar-refractivity contribution in [3.63, 3.8) is 0 Å². The van der Waals surface area contributed by atoms with Gasteiger partial charge in [0.1, 0.15) is 5.75 Å². The van der Waals surface area contributed by atoms with Gasteiger partial charge in [-0.2, -0.15) is 0 Å². The van der Waals surface area contributed by atoms with Gasteiger partial charge in [0, 0.05) is 23.1 Å². The van der Waals surface area contributed by atoms with Crippen LogP contribution in [0.1, 0.15) is 33.4 Å². The number of hydrogen-bond donors (Lipinski definition) is 0. The van der Waals surface area contributed by atoms with E-state index >= 15 is 0 Å². The summed E-state index contributed by atoms with van der Waals surface area (Å²) in [6.07, 6.45) is 2.85. The first-order chi connectivity index (χ1) is 19.5. The fourth-order valence-corrected chi connectivity index (χ4v) is 4.68. The van der Waals surface area contributed by atoms with Gasteiger partial charge < -0.3 is 9.64 Å². The van der Waals surface area contributed by atoms with Gasteiger partial charge in [-0.25, -0.2) is 4.79 Å². The molecule has 0 saturated carbocycles. The third-order valence-electron chi connectivity index (χ3n) is 6.93. The number of ether oxygens (including phenoxy) is 1. The molecule has 0 aromatic heterocycles. The second-order valence-corrected chi connectivity index (χ2v) is 10.1. The van der Waals surface area contributed by atoms with Gasteiger partial charge in [0.15, 0.2) is 0 Å². The lowest BCUT2D eigenvalue weighted by Gasteiger charge is -2.26. The molecule has 0 aliphatic rings. The van der Waals surface area contributed by atoms with Crippen molar-refractivity contribution in [1.82, 2.24) is 0 Å². The van der Waals surface area contributed by atoms with Gasteiger partial charge in [0.05, 0.1) is 0 Å². The van der Waals surface area contributed by atoms with Crippen molar-refractivity contribution in [2.75, 3.05) is 4.90 Å². The number of nitrogens with zero attached hydrogens (tertiary/aromatic N) is 1. The van der Waals surface area contributed by atoms with E-state index in [1.165, 1.54) is 27.8 Å². The normalized spacial score (nSPS) is 10.7. The molecule has 0 bridgehead atoms. The van der Waals surface area contributed by atoms with E-state index in [1.54, 1.807) is 0 Å². The Morgan fingerprint density at radius 3 is 1.27 bits per heavy atom. The predicted octanol–water partition coefficient (Wildman–Crippen LogP) is 9.05. The minimum absolute atomic E-state index is 0.451. The molecule has 0 amide bonds. The van der Waals surface area contributed by atoms with E-state index in [0.717, 1.165) is 41.5 Å². The first kappa shape index (κ1) is 26.7. The summed E-state index contributed by atoms with van der Waals surface area (Å²) in [5, 5.41) is 0. The van der Waals surface area contributed by atoms with Gasteiger partial charge in [0.25, 0.3) is 0 Å². The summed E-state index contributed by atoms with van der Waals surface area (Å²) < 4.78 is 5.16. The summed E-state index contributed by atoms with van der Waals surface area (Å²) in [4.78, 5) is 13.7. The molecule has 0 heterocycles.